The Morgan fingerprint density at radius 1 is 1.23 bits per heavy atom. The number of ether oxygens (including phenoxy) is 1. The Morgan fingerprint density at radius 3 is 2.90 bits per heavy atom. The molecule has 31 heavy (non-hydrogen) atoms. The number of benzene rings is 2. The fraction of sp³-hybridized carbons (Fsp3) is 0.333. The van der Waals surface area contributed by atoms with Crippen molar-refractivity contribution in [3.63, 3.8) is 0 Å². The third-order valence-electron chi connectivity index (χ3n) is 5.62. The maximum absolute atomic E-state index is 13.5. The lowest BCUT2D eigenvalue weighted by Crippen LogP contribution is -2.29. The number of rotatable bonds is 5. The van der Waals surface area contributed by atoms with E-state index >= 15 is 0 Å². The van der Waals surface area contributed by atoms with Crippen molar-refractivity contribution < 1.29 is 17.5 Å². The highest BCUT2D eigenvalue weighted by Gasteiger charge is 2.35. The van der Waals surface area contributed by atoms with Crippen LogP contribution in [-0.2, 0) is 10.0 Å². The molecule has 7 nitrogen and oxygen atoms in total. The summed E-state index contributed by atoms with van der Waals surface area (Å²) in [5.74, 6) is 1.69. The zero-order valence-corrected chi connectivity index (χ0v) is 18.0. The third kappa shape index (κ3) is 3.87. The third-order valence-corrected chi connectivity index (χ3v) is 7.82. The average Bonchev–Trinajstić information content (AvgIpc) is 3.40. The van der Waals surface area contributed by atoms with Gasteiger partial charge in [-0.05, 0) is 49.6 Å². The van der Waals surface area contributed by atoms with Crippen LogP contribution in [0.2, 0.25) is 5.02 Å². The van der Waals surface area contributed by atoms with E-state index in [-0.39, 0.29) is 23.6 Å². The summed E-state index contributed by atoms with van der Waals surface area (Å²) < 4.78 is 47.2. The molecule has 1 fully saturated rings. The summed E-state index contributed by atoms with van der Waals surface area (Å²) in [4.78, 5) is 10.9. The lowest BCUT2D eigenvalue weighted by Gasteiger charge is -2.21. The number of aliphatic imine (C=N–C) groups is 2. The number of fused-ring (bicyclic) bond motifs is 3. The number of hydrogen-bond donors (Lipinski definition) is 1. The first-order valence-electron chi connectivity index (χ1n) is 10.0. The minimum atomic E-state index is -3.75. The van der Waals surface area contributed by atoms with Gasteiger partial charge in [-0.15, -0.1) is 0 Å². The fourth-order valence-electron chi connectivity index (χ4n) is 4.02. The maximum atomic E-state index is 13.5. The summed E-state index contributed by atoms with van der Waals surface area (Å²) in [6.45, 7) is 1.51. The van der Waals surface area contributed by atoms with Crippen LogP contribution in [0, 0.1) is 0 Å². The van der Waals surface area contributed by atoms with Gasteiger partial charge in [0.2, 0.25) is 10.0 Å². The van der Waals surface area contributed by atoms with Crippen LogP contribution in [0.5, 0.6) is 11.5 Å². The molecule has 1 unspecified atom stereocenters. The summed E-state index contributed by atoms with van der Waals surface area (Å²) in [6.07, 6.45) is 1.25. The molecule has 0 aromatic heterocycles. The second-order valence-corrected chi connectivity index (χ2v) is 10.1. The Hall–Kier alpha value is -2.65. The highest BCUT2D eigenvalue weighted by Crippen LogP contribution is 2.38. The molecule has 5 rings (SSSR count). The van der Waals surface area contributed by atoms with Crippen LogP contribution in [0.15, 0.2) is 46.4 Å². The molecule has 0 bridgehead atoms. The van der Waals surface area contributed by atoms with Crippen molar-refractivity contribution in [3.8, 4) is 11.5 Å². The molecule has 2 aromatic carbocycles. The normalized spacial score (nSPS) is 22.1. The Bertz CT molecular complexity index is 1200. The summed E-state index contributed by atoms with van der Waals surface area (Å²) in [7, 11) is -3.75. The molecule has 10 heteroatoms. The molecule has 1 N–H and O–H groups in total. The zero-order chi connectivity index (χ0) is 21.6. The van der Waals surface area contributed by atoms with E-state index in [1.165, 1.54) is 0 Å². The number of hydrogen-bond acceptors (Lipinski definition) is 6. The monoisotopic (exact) mass is 462 g/mol. The first-order valence-corrected chi connectivity index (χ1v) is 11.9. The summed E-state index contributed by atoms with van der Waals surface area (Å²) >= 11 is 6.45. The van der Waals surface area contributed by atoms with Crippen molar-refractivity contribution in [2.45, 2.75) is 30.7 Å². The van der Waals surface area contributed by atoms with Crippen molar-refractivity contribution in [2.75, 3.05) is 17.8 Å². The molecule has 1 aliphatic carbocycles. The van der Waals surface area contributed by atoms with Gasteiger partial charge in [-0.2, -0.15) is 0 Å². The van der Waals surface area contributed by atoms with E-state index in [4.69, 9.17) is 16.3 Å². The average molecular weight is 463 g/mol. The van der Waals surface area contributed by atoms with E-state index in [0.29, 0.717) is 24.5 Å². The minimum Gasteiger partial charge on any atom is -0.456 e. The van der Waals surface area contributed by atoms with Crippen LogP contribution in [0.1, 0.15) is 24.8 Å². The van der Waals surface area contributed by atoms with Gasteiger partial charge in [0.25, 0.3) is 0 Å². The number of alkyl halides is 1. The van der Waals surface area contributed by atoms with Gasteiger partial charge in [-0.3, -0.25) is 9.71 Å². The highest BCUT2D eigenvalue weighted by molar-refractivity contribution is 7.93. The summed E-state index contributed by atoms with van der Waals surface area (Å²) in [5, 5.41) is -0.629. The van der Waals surface area contributed by atoms with E-state index in [1.807, 2.05) is 17.0 Å². The van der Waals surface area contributed by atoms with Gasteiger partial charge >= 0.3 is 0 Å². The van der Waals surface area contributed by atoms with E-state index in [2.05, 4.69) is 14.7 Å². The van der Waals surface area contributed by atoms with Crippen LogP contribution >= 0.6 is 11.6 Å². The van der Waals surface area contributed by atoms with Gasteiger partial charge in [-0.1, -0.05) is 17.7 Å². The van der Waals surface area contributed by atoms with E-state index in [0.717, 1.165) is 23.6 Å². The number of sulfonamides is 1. The number of anilines is 1. The SMILES string of the molecule is O=S(=O)(Nc1cccc(Oc2ccc3c(c2)C2=NCCN2C=N3)c1Cl)C1CC[C@@H](F)C1. The highest BCUT2D eigenvalue weighted by atomic mass is 35.5. The Labute approximate surface area is 184 Å². The first kappa shape index (κ1) is 20.3. The zero-order valence-electron chi connectivity index (χ0n) is 16.5. The molecule has 2 atom stereocenters. The van der Waals surface area contributed by atoms with Gasteiger partial charge in [0.1, 0.15) is 28.5 Å². The predicted octanol–water partition coefficient (Wildman–Crippen LogP) is 4.50. The molecule has 2 aromatic rings. The van der Waals surface area contributed by atoms with Crippen LogP contribution < -0.4 is 9.46 Å². The van der Waals surface area contributed by atoms with E-state index in [9.17, 15) is 12.8 Å². The van der Waals surface area contributed by atoms with Crippen LogP contribution in [0.4, 0.5) is 15.8 Å². The molecule has 0 amide bonds. The number of nitrogens with zero attached hydrogens (tertiary/aromatic N) is 3. The Balaban J connectivity index is 1.39. The van der Waals surface area contributed by atoms with Gasteiger partial charge in [0.15, 0.2) is 0 Å². The van der Waals surface area contributed by atoms with Gasteiger partial charge in [0, 0.05) is 12.1 Å². The van der Waals surface area contributed by atoms with Crippen LogP contribution in [0.3, 0.4) is 0 Å². The molecule has 0 spiro atoms. The fourth-order valence-corrected chi connectivity index (χ4v) is 5.84. The molecule has 0 saturated heterocycles. The molecular weight excluding hydrogens is 443 g/mol. The van der Waals surface area contributed by atoms with Crippen molar-refractivity contribution in [2.24, 2.45) is 9.98 Å². The van der Waals surface area contributed by atoms with E-state index in [1.54, 1.807) is 30.6 Å². The number of amidine groups is 1. The van der Waals surface area contributed by atoms with Crippen LogP contribution in [0.25, 0.3) is 0 Å². The molecule has 1 saturated carbocycles. The molecule has 162 valence electrons. The molecule has 2 aliphatic heterocycles. The van der Waals surface area contributed by atoms with Gasteiger partial charge < -0.3 is 9.64 Å². The topological polar surface area (TPSA) is 83.4 Å². The first-order chi connectivity index (χ1) is 14.9. The lowest BCUT2D eigenvalue weighted by molar-refractivity contribution is 0.343. The van der Waals surface area contributed by atoms with Gasteiger partial charge in [0.05, 0.1) is 29.5 Å². The standard InChI is InChI=1S/C21H20ClFN4O3S/c22-20-18(26-31(28,29)15-6-4-13(23)10-15)2-1-3-19(20)30-14-5-7-17-16(11-14)21-24-8-9-27(21)12-25-17/h1-3,5,7,11-13,15,26H,4,6,8-10H2/t13-,15?/m1/s1. The lowest BCUT2D eigenvalue weighted by atomic mass is 10.1. The summed E-state index contributed by atoms with van der Waals surface area (Å²) in [6, 6.07) is 10.3. The van der Waals surface area contributed by atoms with Crippen LogP contribution in [-0.4, -0.2) is 50.0 Å². The van der Waals surface area contributed by atoms with Crippen molar-refractivity contribution in [1.82, 2.24) is 4.90 Å². The number of halogens is 2. The minimum absolute atomic E-state index is 0.00164. The molecule has 2 heterocycles. The second-order valence-electron chi connectivity index (χ2n) is 7.72. The predicted molar refractivity (Wildman–Crippen MR) is 119 cm³/mol. The second kappa shape index (κ2) is 7.80. The largest absolute Gasteiger partial charge is 0.456 e. The Morgan fingerprint density at radius 2 is 2.10 bits per heavy atom. The summed E-state index contributed by atoms with van der Waals surface area (Å²) in [5.41, 5.74) is 1.88. The maximum Gasteiger partial charge on any atom is 0.235 e. The molecule has 3 aliphatic rings. The Kier molecular flexibility index (Phi) is 5.10. The van der Waals surface area contributed by atoms with Crippen molar-refractivity contribution in [3.05, 3.63) is 47.0 Å². The quantitative estimate of drug-likeness (QED) is 0.709. The van der Waals surface area contributed by atoms with Crippen molar-refractivity contribution in [1.29, 1.82) is 0 Å². The van der Waals surface area contributed by atoms with Crippen molar-refractivity contribution >= 4 is 45.2 Å². The van der Waals surface area contributed by atoms with E-state index < -0.39 is 21.4 Å². The molecular formula is C21H20ClFN4O3S. The number of nitrogens with one attached hydrogen (secondary N) is 1. The smallest absolute Gasteiger partial charge is 0.235 e. The van der Waals surface area contributed by atoms with Gasteiger partial charge in [-0.25, -0.2) is 17.8 Å². The molecule has 0 radical (unpaired) electrons.